The Balaban J connectivity index is 2.17. The van der Waals surface area contributed by atoms with E-state index in [-0.39, 0.29) is 58.9 Å². The summed E-state index contributed by atoms with van der Waals surface area (Å²) in [6.45, 7) is 13.8. The lowest BCUT2D eigenvalue weighted by molar-refractivity contribution is -0.141. The summed E-state index contributed by atoms with van der Waals surface area (Å²) in [5.74, 6) is -3.25. The van der Waals surface area contributed by atoms with Crippen molar-refractivity contribution in [2.75, 3.05) is 20.6 Å². The molecular formula is C37H57N5O6S. The van der Waals surface area contributed by atoms with E-state index in [1.54, 1.807) is 25.8 Å². The van der Waals surface area contributed by atoms with Gasteiger partial charge in [-0.05, 0) is 63.6 Å². The molecule has 0 bridgehead atoms. The van der Waals surface area contributed by atoms with E-state index in [1.165, 1.54) is 0 Å². The molecule has 5 atom stereocenters. The first-order chi connectivity index (χ1) is 23.1. The average Bonchev–Trinajstić information content (AvgIpc) is 3.45. The van der Waals surface area contributed by atoms with Crippen LogP contribution in [0.1, 0.15) is 104 Å². The van der Waals surface area contributed by atoms with Gasteiger partial charge in [-0.25, -0.2) is 4.98 Å². The van der Waals surface area contributed by atoms with Crippen LogP contribution >= 0.6 is 11.3 Å². The van der Waals surface area contributed by atoms with Gasteiger partial charge in [0.1, 0.15) is 11.7 Å². The van der Waals surface area contributed by atoms with Gasteiger partial charge in [0, 0.05) is 36.3 Å². The van der Waals surface area contributed by atoms with Crippen LogP contribution in [0.5, 0.6) is 0 Å². The van der Waals surface area contributed by atoms with E-state index < -0.39 is 35.9 Å². The van der Waals surface area contributed by atoms with Crippen molar-refractivity contribution in [1.29, 1.82) is 0 Å². The number of Topliss-reactive ketones (excluding diaryl/α,β-unsaturated/α-hetero) is 1. The summed E-state index contributed by atoms with van der Waals surface area (Å²) in [7, 11) is 3.56. The molecule has 0 saturated heterocycles. The summed E-state index contributed by atoms with van der Waals surface area (Å²) >= 11 is 1.13. The van der Waals surface area contributed by atoms with Gasteiger partial charge in [-0.15, -0.1) is 11.3 Å². The molecule has 0 aliphatic heterocycles. The summed E-state index contributed by atoms with van der Waals surface area (Å²) in [5, 5.41) is 18.7. The van der Waals surface area contributed by atoms with Gasteiger partial charge in [0.05, 0.1) is 5.92 Å². The van der Waals surface area contributed by atoms with Crippen molar-refractivity contribution in [2.45, 2.75) is 105 Å². The monoisotopic (exact) mass is 699 g/mol. The van der Waals surface area contributed by atoms with Crippen LogP contribution in [0.25, 0.3) is 0 Å². The Hall–Kier alpha value is -3.64. The molecule has 272 valence electrons. The zero-order valence-corrected chi connectivity index (χ0v) is 31.5. The summed E-state index contributed by atoms with van der Waals surface area (Å²) < 4.78 is 0. The maximum absolute atomic E-state index is 13.8. The van der Waals surface area contributed by atoms with Crippen LogP contribution in [0.15, 0.2) is 30.3 Å². The van der Waals surface area contributed by atoms with E-state index in [0.717, 1.165) is 42.7 Å². The second-order valence-corrected chi connectivity index (χ2v) is 15.1. The number of aromatic nitrogens is 1. The number of hydrogen-bond acceptors (Lipinski definition) is 8. The second-order valence-electron chi connectivity index (χ2n) is 13.9. The number of rotatable bonds is 21. The number of aryl methyl sites for hydroxylation is 1. The van der Waals surface area contributed by atoms with Gasteiger partial charge in [0.2, 0.25) is 11.8 Å². The van der Waals surface area contributed by atoms with Gasteiger partial charge >= 0.3 is 5.97 Å². The van der Waals surface area contributed by atoms with Crippen LogP contribution in [0, 0.1) is 30.6 Å². The summed E-state index contributed by atoms with van der Waals surface area (Å²) in [6.07, 6.45) is 3.29. The van der Waals surface area contributed by atoms with Gasteiger partial charge < -0.3 is 26.0 Å². The van der Waals surface area contributed by atoms with Crippen LogP contribution in [0.4, 0.5) is 0 Å². The molecule has 4 N–H and O–H groups in total. The van der Waals surface area contributed by atoms with Crippen LogP contribution in [-0.4, -0.2) is 83.2 Å². The lowest BCUT2D eigenvalue weighted by Gasteiger charge is -2.35. The van der Waals surface area contributed by atoms with E-state index in [0.29, 0.717) is 11.3 Å². The number of nitrogens with zero attached hydrogens (tertiary/aromatic N) is 2. The predicted octanol–water partition coefficient (Wildman–Crippen LogP) is 5.13. The van der Waals surface area contributed by atoms with Gasteiger partial charge in [-0.1, -0.05) is 78.3 Å². The Kier molecular flexibility index (Phi) is 17.1. The van der Waals surface area contributed by atoms with Crippen molar-refractivity contribution >= 4 is 40.8 Å². The minimum atomic E-state index is -0.944. The molecule has 0 aliphatic carbocycles. The number of ketones is 1. The minimum Gasteiger partial charge on any atom is -0.481 e. The number of carboxylic acids is 1. The molecule has 2 aromatic rings. The highest BCUT2D eigenvalue weighted by molar-refractivity contribution is 7.13. The molecule has 0 fully saturated rings. The molecule has 1 aromatic heterocycles. The quantitative estimate of drug-likeness (QED) is 0.103. The third-order valence-corrected chi connectivity index (χ3v) is 9.98. The minimum absolute atomic E-state index is 0.00130. The molecule has 3 amide bonds. The molecule has 0 saturated carbocycles. The van der Waals surface area contributed by atoms with Crippen LogP contribution in [-0.2, 0) is 20.8 Å². The van der Waals surface area contributed by atoms with E-state index >= 15 is 0 Å². The number of thiazole rings is 1. The third-order valence-electron chi connectivity index (χ3n) is 8.97. The van der Waals surface area contributed by atoms with Gasteiger partial charge in [-0.3, -0.25) is 24.0 Å². The first kappa shape index (κ1) is 41.5. The lowest BCUT2D eigenvalue weighted by atomic mass is 9.94. The van der Waals surface area contributed by atoms with Crippen molar-refractivity contribution in [3.63, 3.8) is 0 Å². The zero-order chi connectivity index (χ0) is 36.8. The number of carbonyl (C=O) groups is 5. The topological polar surface area (TPSA) is 158 Å². The molecule has 1 aromatic carbocycles. The first-order valence-electron chi connectivity index (χ1n) is 17.4. The number of aliphatic carboxylic acids is 1. The number of likely N-dealkylation sites (N-methyl/N-ethyl adjacent to an activating group) is 1. The molecule has 0 radical (unpaired) electrons. The molecule has 1 heterocycles. The Morgan fingerprint density at radius 2 is 1.57 bits per heavy atom. The van der Waals surface area contributed by atoms with Gasteiger partial charge in [0.25, 0.3) is 5.91 Å². The number of hydrogen-bond donors (Lipinski definition) is 4. The summed E-state index contributed by atoms with van der Waals surface area (Å²) in [5.41, 5.74) is 1.09. The van der Waals surface area contributed by atoms with E-state index in [1.807, 2.05) is 72.0 Å². The molecule has 0 aliphatic rings. The van der Waals surface area contributed by atoms with Crippen LogP contribution in [0.3, 0.4) is 0 Å². The Bertz CT molecular complexity index is 1390. The van der Waals surface area contributed by atoms with Crippen molar-refractivity contribution < 1.29 is 29.1 Å². The van der Waals surface area contributed by atoms with Gasteiger partial charge in [-0.2, -0.15) is 0 Å². The third kappa shape index (κ3) is 13.0. The SMILES string of the molecule is CNCCCC[C@@H](C)C(=O)N[C@H](C(=O)N(C)[C@H](CC(=O)c1nc(C(=O)N[C@@H](Cc2ccccc2)C[C@H](C)C(=O)O)c(C)s1)C(C)C)C(C)C. The number of benzene rings is 1. The molecule has 2 rings (SSSR count). The highest BCUT2D eigenvalue weighted by atomic mass is 32.1. The van der Waals surface area contributed by atoms with E-state index in [4.69, 9.17) is 0 Å². The molecule has 0 unspecified atom stereocenters. The maximum Gasteiger partial charge on any atom is 0.306 e. The largest absolute Gasteiger partial charge is 0.481 e. The maximum atomic E-state index is 13.8. The van der Waals surface area contributed by atoms with Crippen LogP contribution in [0.2, 0.25) is 0 Å². The zero-order valence-electron chi connectivity index (χ0n) is 30.7. The van der Waals surface area contributed by atoms with Gasteiger partial charge in [0.15, 0.2) is 10.8 Å². The highest BCUT2D eigenvalue weighted by Crippen LogP contribution is 2.24. The number of nitrogens with one attached hydrogen (secondary N) is 3. The highest BCUT2D eigenvalue weighted by Gasteiger charge is 2.34. The average molecular weight is 700 g/mol. The smallest absolute Gasteiger partial charge is 0.306 e. The van der Waals surface area contributed by atoms with Crippen molar-refractivity contribution in [3.8, 4) is 0 Å². The molecule has 0 spiro atoms. The Morgan fingerprint density at radius 3 is 2.14 bits per heavy atom. The van der Waals surface area contributed by atoms with E-state index in [2.05, 4.69) is 20.9 Å². The van der Waals surface area contributed by atoms with Crippen molar-refractivity contribution in [3.05, 3.63) is 51.5 Å². The number of unbranched alkanes of at least 4 members (excludes halogenated alkanes) is 1. The number of amides is 3. The summed E-state index contributed by atoms with van der Waals surface area (Å²) in [4.78, 5) is 72.0. The van der Waals surface area contributed by atoms with Crippen LogP contribution < -0.4 is 16.0 Å². The molecular weight excluding hydrogens is 643 g/mol. The fourth-order valence-electron chi connectivity index (χ4n) is 5.77. The summed E-state index contributed by atoms with van der Waals surface area (Å²) in [6, 6.07) is 7.86. The normalized spacial score (nSPS) is 14.5. The first-order valence-corrected chi connectivity index (χ1v) is 18.2. The fraction of sp³-hybridized carbons (Fsp3) is 0.622. The van der Waals surface area contributed by atoms with Crippen molar-refractivity contribution in [2.24, 2.45) is 23.7 Å². The van der Waals surface area contributed by atoms with Crippen molar-refractivity contribution in [1.82, 2.24) is 25.8 Å². The number of carboxylic acid groups (broad SMARTS) is 1. The second kappa shape index (κ2) is 20.1. The molecule has 12 heteroatoms. The Morgan fingerprint density at radius 1 is 0.918 bits per heavy atom. The molecule has 49 heavy (non-hydrogen) atoms. The Labute approximate surface area is 296 Å². The molecule has 11 nitrogen and oxygen atoms in total. The predicted molar refractivity (Wildman–Crippen MR) is 194 cm³/mol. The van der Waals surface area contributed by atoms with E-state index in [9.17, 15) is 29.1 Å². The standard InChI is InChI=1S/C37H57N5O6S/c1-22(2)29(42(9)36(46)31(23(3)4)40-33(44)24(5)15-13-14-18-38-8)21-30(43)35-41-32(26(7)49-35)34(45)39-28(19-25(6)37(47)48)20-27-16-11-10-12-17-27/h10-12,16-17,22-25,28-29,31,38H,13-15,18-21H2,1-9H3,(H,39,45)(H,40,44)(H,47,48)/t24-,25+,28-,29-,31+/m1/s1. The fourth-order valence-corrected chi connectivity index (χ4v) is 6.63. The number of carbonyl (C=O) groups excluding carboxylic acids is 4. The lowest BCUT2D eigenvalue weighted by Crippen LogP contribution is -2.54.